The molecule has 2 N–H and O–H groups in total. The van der Waals surface area contributed by atoms with Gasteiger partial charge in [-0.1, -0.05) is 18.5 Å². The van der Waals surface area contributed by atoms with Crippen molar-refractivity contribution in [3.05, 3.63) is 28.0 Å². The Morgan fingerprint density at radius 3 is 2.67 bits per heavy atom. The lowest BCUT2D eigenvalue weighted by Crippen LogP contribution is -1.97. The van der Waals surface area contributed by atoms with Crippen LogP contribution in [0, 0.1) is 12.7 Å². The zero-order valence-corrected chi connectivity index (χ0v) is 7.87. The van der Waals surface area contributed by atoms with E-state index in [1.54, 1.807) is 13.0 Å². The Balaban J connectivity index is 3.39. The molecule has 3 heteroatoms. The Labute approximate surface area is 76.3 Å². The second-order valence-electron chi connectivity index (χ2n) is 2.73. The van der Waals surface area contributed by atoms with E-state index in [0.29, 0.717) is 10.6 Å². The highest BCUT2D eigenvalue weighted by Gasteiger charge is 2.10. The van der Waals surface area contributed by atoms with Crippen LogP contribution in [0.4, 0.5) is 10.1 Å². The number of rotatable bonds is 1. The molecule has 0 aliphatic carbocycles. The lowest BCUT2D eigenvalue weighted by atomic mass is 10.1. The molecule has 0 fully saturated rings. The number of hydrogen-bond donors (Lipinski definition) is 1. The first-order chi connectivity index (χ1) is 5.57. The van der Waals surface area contributed by atoms with Gasteiger partial charge in [0.25, 0.3) is 0 Å². The molecule has 0 heterocycles. The number of nitrogen functional groups attached to an aromatic ring is 1. The molecule has 0 atom stereocenters. The number of nitrogens with two attached hydrogens (primary N) is 1. The predicted octanol–water partition coefficient (Wildman–Crippen LogP) is 2.93. The Morgan fingerprint density at radius 2 is 2.17 bits per heavy atom. The quantitative estimate of drug-likeness (QED) is 0.673. The molecule has 0 radical (unpaired) electrons. The SMILES string of the molecule is CCc1cc(N)c(F)c(C)c1Cl. The van der Waals surface area contributed by atoms with Gasteiger partial charge in [0.15, 0.2) is 0 Å². The summed E-state index contributed by atoms with van der Waals surface area (Å²) in [6.45, 7) is 3.59. The molecule has 0 bridgehead atoms. The fourth-order valence-electron chi connectivity index (χ4n) is 1.13. The first-order valence-corrected chi connectivity index (χ1v) is 4.18. The molecule has 0 aliphatic heterocycles. The van der Waals surface area contributed by atoms with Gasteiger partial charge < -0.3 is 5.73 Å². The van der Waals surface area contributed by atoms with Crippen LogP contribution in [0.25, 0.3) is 0 Å². The van der Waals surface area contributed by atoms with E-state index in [2.05, 4.69) is 0 Å². The summed E-state index contributed by atoms with van der Waals surface area (Å²) < 4.78 is 13.1. The lowest BCUT2D eigenvalue weighted by Gasteiger charge is -2.07. The van der Waals surface area contributed by atoms with Crippen LogP contribution in [0.3, 0.4) is 0 Å². The van der Waals surface area contributed by atoms with E-state index in [0.717, 1.165) is 12.0 Å². The highest BCUT2D eigenvalue weighted by molar-refractivity contribution is 6.32. The van der Waals surface area contributed by atoms with Gasteiger partial charge in [-0.15, -0.1) is 0 Å². The van der Waals surface area contributed by atoms with Gasteiger partial charge in [-0.2, -0.15) is 0 Å². The fraction of sp³-hybridized carbons (Fsp3) is 0.333. The summed E-state index contributed by atoms with van der Waals surface area (Å²) in [6.07, 6.45) is 0.768. The largest absolute Gasteiger partial charge is 0.396 e. The van der Waals surface area contributed by atoms with Crippen molar-refractivity contribution >= 4 is 17.3 Å². The molecule has 0 aliphatic rings. The van der Waals surface area contributed by atoms with Crippen molar-refractivity contribution in [2.75, 3.05) is 5.73 Å². The molecule has 1 nitrogen and oxygen atoms in total. The van der Waals surface area contributed by atoms with Gasteiger partial charge in [-0.05, 0) is 25.0 Å². The second-order valence-corrected chi connectivity index (χ2v) is 3.11. The number of halogens is 2. The van der Waals surface area contributed by atoms with Gasteiger partial charge in [-0.3, -0.25) is 0 Å². The topological polar surface area (TPSA) is 26.0 Å². The van der Waals surface area contributed by atoms with Crippen molar-refractivity contribution in [3.63, 3.8) is 0 Å². The normalized spacial score (nSPS) is 10.3. The van der Waals surface area contributed by atoms with Crippen molar-refractivity contribution in [2.45, 2.75) is 20.3 Å². The fourth-order valence-corrected chi connectivity index (χ4v) is 1.40. The molecule has 12 heavy (non-hydrogen) atoms. The average Bonchev–Trinajstić information content (AvgIpc) is 2.08. The number of anilines is 1. The first kappa shape index (κ1) is 9.33. The van der Waals surface area contributed by atoms with E-state index >= 15 is 0 Å². The maximum absolute atomic E-state index is 13.1. The first-order valence-electron chi connectivity index (χ1n) is 3.80. The third-order valence-electron chi connectivity index (χ3n) is 1.90. The summed E-state index contributed by atoms with van der Waals surface area (Å²) >= 11 is 5.88. The molecule has 0 aromatic heterocycles. The van der Waals surface area contributed by atoms with Crippen LogP contribution in [0.15, 0.2) is 6.07 Å². The van der Waals surface area contributed by atoms with E-state index in [1.807, 2.05) is 6.92 Å². The minimum absolute atomic E-state index is 0.175. The number of hydrogen-bond acceptors (Lipinski definition) is 1. The molecule has 1 aromatic rings. The Kier molecular flexibility index (Phi) is 2.58. The Bertz CT molecular complexity index is 310. The van der Waals surface area contributed by atoms with Crippen molar-refractivity contribution in [3.8, 4) is 0 Å². The molecule has 1 aromatic carbocycles. The van der Waals surface area contributed by atoms with Crippen LogP contribution in [0.2, 0.25) is 5.02 Å². The number of aryl methyl sites for hydroxylation is 1. The van der Waals surface area contributed by atoms with Gasteiger partial charge in [-0.25, -0.2) is 4.39 Å². The summed E-state index contributed by atoms with van der Waals surface area (Å²) in [5.74, 6) is -0.405. The van der Waals surface area contributed by atoms with Crippen molar-refractivity contribution in [1.82, 2.24) is 0 Å². The molecule has 1 rings (SSSR count). The molecule has 0 spiro atoms. The van der Waals surface area contributed by atoms with Crippen LogP contribution in [0.1, 0.15) is 18.1 Å². The third-order valence-corrected chi connectivity index (χ3v) is 2.43. The molecule has 0 saturated heterocycles. The van der Waals surface area contributed by atoms with E-state index in [4.69, 9.17) is 17.3 Å². The number of benzene rings is 1. The van der Waals surface area contributed by atoms with Crippen molar-refractivity contribution in [2.24, 2.45) is 0 Å². The van der Waals surface area contributed by atoms with Crippen molar-refractivity contribution in [1.29, 1.82) is 0 Å². The molecular weight excluding hydrogens is 177 g/mol. The van der Waals surface area contributed by atoms with Gasteiger partial charge in [0.05, 0.1) is 5.69 Å². The van der Waals surface area contributed by atoms with E-state index < -0.39 is 5.82 Å². The summed E-state index contributed by atoms with van der Waals surface area (Å²) in [7, 11) is 0. The predicted molar refractivity (Wildman–Crippen MR) is 49.9 cm³/mol. The summed E-state index contributed by atoms with van der Waals surface area (Å²) in [6, 6.07) is 1.59. The molecule has 66 valence electrons. The lowest BCUT2D eigenvalue weighted by molar-refractivity contribution is 0.622. The highest BCUT2D eigenvalue weighted by Crippen LogP contribution is 2.27. The van der Waals surface area contributed by atoms with E-state index in [9.17, 15) is 4.39 Å². The maximum atomic E-state index is 13.1. The second kappa shape index (κ2) is 3.31. The van der Waals surface area contributed by atoms with E-state index in [1.165, 1.54) is 0 Å². The summed E-state index contributed by atoms with van der Waals surface area (Å²) in [5.41, 5.74) is 6.94. The van der Waals surface area contributed by atoms with Crippen LogP contribution in [-0.4, -0.2) is 0 Å². The van der Waals surface area contributed by atoms with Gasteiger partial charge in [0, 0.05) is 10.6 Å². The third kappa shape index (κ3) is 1.39. The average molecular weight is 188 g/mol. The zero-order chi connectivity index (χ0) is 9.30. The van der Waals surface area contributed by atoms with Crippen LogP contribution < -0.4 is 5.73 Å². The van der Waals surface area contributed by atoms with Gasteiger partial charge in [0.2, 0.25) is 0 Å². The monoisotopic (exact) mass is 187 g/mol. The van der Waals surface area contributed by atoms with Gasteiger partial charge >= 0.3 is 0 Å². The summed E-state index contributed by atoms with van der Waals surface area (Å²) in [4.78, 5) is 0. The van der Waals surface area contributed by atoms with Crippen LogP contribution >= 0.6 is 11.6 Å². The maximum Gasteiger partial charge on any atom is 0.150 e. The molecule has 0 amide bonds. The minimum Gasteiger partial charge on any atom is -0.396 e. The van der Waals surface area contributed by atoms with Crippen molar-refractivity contribution < 1.29 is 4.39 Å². The smallest absolute Gasteiger partial charge is 0.150 e. The highest BCUT2D eigenvalue weighted by atomic mass is 35.5. The summed E-state index contributed by atoms with van der Waals surface area (Å²) in [5, 5.41) is 0.490. The zero-order valence-electron chi connectivity index (χ0n) is 7.12. The molecule has 0 saturated carbocycles. The van der Waals surface area contributed by atoms with Crippen LogP contribution in [-0.2, 0) is 6.42 Å². The van der Waals surface area contributed by atoms with Crippen LogP contribution in [0.5, 0.6) is 0 Å². The van der Waals surface area contributed by atoms with E-state index in [-0.39, 0.29) is 5.69 Å². The molecule has 0 unspecified atom stereocenters. The molecular formula is C9H11ClFN. The standard InChI is InChI=1S/C9H11ClFN/c1-3-6-4-7(12)9(11)5(2)8(6)10/h4H,3,12H2,1-2H3. The Hall–Kier alpha value is -0.760. The van der Waals surface area contributed by atoms with Gasteiger partial charge in [0.1, 0.15) is 5.82 Å². The Morgan fingerprint density at radius 1 is 1.58 bits per heavy atom. The minimum atomic E-state index is -0.405.